The monoisotopic (exact) mass is 411 g/mol. The van der Waals surface area contributed by atoms with Gasteiger partial charge in [-0.2, -0.15) is 0 Å². The number of halogens is 3. The highest BCUT2D eigenvalue weighted by Gasteiger charge is 2.21. The van der Waals surface area contributed by atoms with Gasteiger partial charge < -0.3 is 19.5 Å². The first-order chi connectivity index (χ1) is 13.8. The lowest BCUT2D eigenvalue weighted by molar-refractivity contribution is -0.155. The molecule has 0 unspecified atom stereocenters. The molecule has 0 radical (unpaired) electrons. The number of amides is 1. The Morgan fingerprint density at radius 3 is 2.31 bits per heavy atom. The van der Waals surface area contributed by atoms with Crippen LogP contribution in [-0.4, -0.2) is 31.2 Å². The molecule has 9 heteroatoms. The van der Waals surface area contributed by atoms with Gasteiger partial charge in [-0.25, -0.2) is 18.0 Å². The number of anilines is 1. The maximum atomic E-state index is 13.6. The topological polar surface area (TPSA) is 73.9 Å². The predicted molar refractivity (Wildman–Crippen MR) is 98.2 cm³/mol. The molecule has 0 fully saturated rings. The van der Waals surface area contributed by atoms with Crippen molar-refractivity contribution in [3.05, 3.63) is 53.8 Å². The Kier molecular flexibility index (Phi) is 7.88. The summed E-state index contributed by atoms with van der Waals surface area (Å²) in [5, 5.41) is 2.03. The van der Waals surface area contributed by atoms with Gasteiger partial charge >= 0.3 is 5.97 Å². The summed E-state index contributed by atoms with van der Waals surface area (Å²) in [6.07, 6.45) is -0.535. The molecule has 2 aromatic rings. The number of para-hydroxylation sites is 2. The summed E-state index contributed by atoms with van der Waals surface area (Å²) in [6, 6.07) is 8.27. The smallest absolute Gasteiger partial charge is 0.344 e. The molecular weight excluding hydrogens is 391 g/mol. The van der Waals surface area contributed by atoms with Gasteiger partial charge in [0.05, 0.1) is 12.3 Å². The number of benzene rings is 2. The number of carbonyl (C=O) groups is 2. The predicted octanol–water partition coefficient (Wildman–Crippen LogP) is 3.84. The fourth-order valence-corrected chi connectivity index (χ4v) is 2.18. The molecule has 29 heavy (non-hydrogen) atoms. The third kappa shape index (κ3) is 6.13. The van der Waals surface area contributed by atoms with E-state index in [-0.39, 0.29) is 0 Å². The van der Waals surface area contributed by atoms with Crippen LogP contribution in [0.5, 0.6) is 11.5 Å². The Hall–Kier alpha value is -3.23. The van der Waals surface area contributed by atoms with Crippen molar-refractivity contribution < 1.29 is 37.0 Å². The number of hydrogen-bond donors (Lipinski definition) is 1. The van der Waals surface area contributed by atoms with Crippen molar-refractivity contribution in [3.8, 4) is 11.5 Å². The van der Waals surface area contributed by atoms with E-state index in [1.165, 1.54) is 6.92 Å². The zero-order valence-electron chi connectivity index (χ0n) is 15.8. The van der Waals surface area contributed by atoms with Gasteiger partial charge in [-0.3, -0.25) is 4.79 Å². The summed E-state index contributed by atoms with van der Waals surface area (Å²) in [5.41, 5.74) is -0.574. The van der Waals surface area contributed by atoms with Gasteiger partial charge in [0.1, 0.15) is 0 Å². The summed E-state index contributed by atoms with van der Waals surface area (Å²) in [5.74, 6) is -5.65. The van der Waals surface area contributed by atoms with Crippen molar-refractivity contribution in [2.24, 2.45) is 0 Å². The molecule has 2 rings (SSSR count). The quantitative estimate of drug-likeness (QED) is 0.501. The molecular formula is C20H20F3NO5. The molecule has 1 N–H and O–H groups in total. The van der Waals surface area contributed by atoms with Gasteiger partial charge in [0, 0.05) is 0 Å². The first-order valence-corrected chi connectivity index (χ1v) is 8.82. The van der Waals surface area contributed by atoms with Gasteiger partial charge in [0.25, 0.3) is 5.91 Å². The molecule has 1 atom stereocenters. The van der Waals surface area contributed by atoms with Gasteiger partial charge in [-0.1, -0.05) is 19.1 Å². The van der Waals surface area contributed by atoms with Crippen molar-refractivity contribution in [1.82, 2.24) is 0 Å². The average Bonchev–Trinajstić information content (AvgIpc) is 2.71. The SMILES string of the molecule is CCCOc1ccccc1OCC(=O)O[C@H](C)C(=O)Nc1ccc(F)c(F)c1F. The fraction of sp³-hybridized carbons (Fsp3) is 0.300. The van der Waals surface area contributed by atoms with Gasteiger partial charge in [-0.15, -0.1) is 0 Å². The first kappa shape index (κ1) is 22.1. The van der Waals surface area contributed by atoms with Gasteiger partial charge in [0.2, 0.25) is 0 Å². The number of carbonyl (C=O) groups excluding carboxylic acids is 2. The highest BCUT2D eigenvalue weighted by Crippen LogP contribution is 2.26. The molecule has 0 spiro atoms. The van der Waals surface area contributed by atoms with Crippen LogP contribution in [0.1, 0.15) is 20.3 Å². The number of hydrogen-bond acceptors (Lipinski definition) is 5. The summed E-state index contributed by atoms with van der Waals surface area (Å²) < 4.78 is 55.5. The minimum absolute atomic E-state index is 0.332. The van der Waals surface area contributed by atoms with Crippen LogP contribution < -0.4 is 14.8 Å². The Bertz CT molecular complexity index is 875. The van der Waals surface area contributed by atoms with Crippen molar-refractivity contribution in [1.29, 1.82) is 0 Å². The number of nitrogens with one attached hydrogen (secondary N) is 1. The van der Waals surface area contributed by atoms with Crippen LogP contribution in [0.25, 0.3) is 0 Å². The van der Waals surface area contributed by atoms with Crippen molar-refractivity contribution in [2.45, 2.75) is 26.4 Å². The van der Waals surface area contributed by atoms with Crippen LogP contribution >= 0.6 is 0 Å². The zero-order valence-corrected chi connectivity index (χ0v) is 15.8. The van der Waals surface area contributed by atoms with Crippen LogP contribution in [0.3, 0.4) is 0 Å². The van der Waals surface area contributed by atoms with E-state index in [0.29, 0.717) is 24.2 Å². The summed E-state index contributed by atoms with van der Waals surface area (Å²) in [7, 11) is 0. The Morgan fingerprint density at radius 1 is 1.00 bits per heavy atom. The molecule has 0 saturated carbocycles. The molecule has 156 valence electrons. The maximum Gasteiger partial charge on any atom is 0.344 e. The molecule has 0 aliphatic heterocycles. The van der Waals surface area contributed by atoms with E-state index in [4.69, 9.17) is 14.2 Å². The largest absolute Gasteiger partial charge is 0.490 e. The summed E-state index contributed by atoms with van der Waals surface area (Å²) in [4.78, 5) is 23.9. The molecule has 0 saturated heterocycles. The standard InChI is InChI=1S/C20H20F3NO5/c1-3-10-27-15-6-4-5-7-16(15)28-11-17(25)29-12(2)20(26)24-14-9-8-13(21)18(22)19(14)23/h4-9,12H,3,10-11H2,1-2H3,(H,24,26)/t12-/m1/s1. The van der Waals surface area contributed by atoms with Crippen molar-refractivity contribution >= 4 is 17.6 Å². The molecule has 1 amide bonds. The van der Waals surface area contributed by atoms with E-state index in [0.717, 1.165) is 12.5 Å². The summed E-state index contributed by atoms with van der Waals surface area (Å²) in [6.45, 7) is 3.16. The van der Waals surface area contributed by atoms with E-state index in [9.17, 15) is 22.8 Å². The van der Waals surface area contributed by atoms with Crippen molar-refractivity contribution in [3.63, 3.8) is 0 Å². The third-order valence-corrected chi connectivity index (χ3v) is 3.63. The molecule has 0 aromatic heterocycles. The second-order valence-electron chi connectivity index (χ2n) is 5.93. The van der Waals surface area contributed by atoms with Gasteiger partial charge in [0.15, 0.2) is 41.7 Å². The summed E-state index contributed by atoms with van der Waals surface area (Å²) >= 11 is 0. The lowest BCUT2D eigenvalue weighted by atomic mass is 10.2. The van der Waals surface area contributed by atoms with E-state index in [1.54, 1.807) is 24.3 Å². The van der Waals surface area contributed by atoms with Crippen LogP contribution in [0.2, 0.25) is 0 Å². The lowest BCUT2D eigenvalue weighted by Crippen LogP contribution is -2.32. The molecule has 0 heterocycles. The molecule has 2 aromatic carbocycles. The molecule has 0 bridgehead atoms. The normalized spacial score (nSPS) is 11.5. The average molecular weight is 411 g/mol. The Labute approximate surface area is 165 Å². The number of rotatable bonds is 9. The fourth-order valence-electron chi connectivity index (χ4n) is 2.18. The minimum Gasteiger partial charge on any atom is -0.490 e. The maximum absolute atomic E-state index is 13.6. The van der Waals surface area contributed by atoms with E-state index < -0.39 is 47.7 Å². The minimum atomic E-state index is -1.72. The zero-order chi connectivity index (χ0) is 21.4. The first-order valence-electron chi connectivity index (χ1n) is 8.82. The van der Waals surface area contributed by atoms with E-state index in [2.05, 4.69) is 0 Å². The van der Waals surface area contributed by atoms with Gasteiger partial charge in [-0.05, 0) is 37.6 Å². The van der Waals surface area contributed by atoms with Crippen LogP contribution in [0.15, 0.2) is 36.4 Å². The highest BCUT2D eigenvalue weighted by atomic mass is 19.2. The Balaban J connectivity index is 1.89. The third-order valence-electron chi connectivity index (χ3n) is 3.63. The van der Waals surface area contributed by atoms with Crippen LogP contribution in [-0.2, 0) is 14.3 Å². The number of ether oxygens (including phenoxy) is 3. The van der Waals surface area contributed by atoms with Crippen LogP contribution in [0.4, 0.5) is 18.9 Å². The second kappa shape index (κ2) is 10.4. The molecule has 0 aliphatic rings. The Morgan fingerprint density at radius 2 is 1.66 bits per heavy atom. The molecule has 0 aliphatic carbocycles. The second-order valence-corrected chi connectivity index (χ2v) is 5.93. The number of esters is 1. The van der Waals surface area contributed by atoms with Crippen molar-refractivity contribution in [2.75, 3.05) is 18.5 Å². The van der Waals surface area contributed by atoms with E-state index in [1.807, 2.05) is 12.2 Å². The molecule has 6 nitrogen and oxygen atoms in total. The van der Waals surface area contributed by atoms with E-state index >= 15 is 0 Å². The lowest BCUT2D eigenvalue weighted by Gasteiger charge is -2.15. The van der Waals surface area contributed by atoms with Crippen LogP contribution in [0, 0.1) is 17.5 Å². The highest BCUT2D eigenvalue weighted by molar-refractivity contribution is 5.95.